The number of hydrogen-bond donors (Lipinski definition) is 0. The van der Waals surface area contributed by atoms with Crippen molar-refractivity contribution >= 4 is 10.8 Å². The van der Waals surface area contributed by atoms with E-state index in [1.807, 2.05) is 0 Å². The summed E-state index contributed by atoms with van der Waals surface area (Å²) in [7, 11) is 0. The molecule has 0 saturated carbocycles. The Morgan fingerprint density at radius 2 is 0.471 bits per heavy atom. The van der Waals surface area contributed by atoms with Crippen LogP contribution in [0.15, 0.2) is 146 Å². The molecule has 0 spiro atoms. The summed E-state index contributed by atoms with van der Waals surface area (Å²) in [5.41, 5.74) is 9.94. The third-order valence-electron chi connectivity index (χ3n) is 6.49. The maximum Gasteiger partial charge on any atom is -0.0177 e. The smallest absolute Gasteiger partial charge is 0.0177 e. The van der Waals surface area contributed by atoms with Crippen molar-refractivity contribution in [1.29, 1.82) is 0 Å². The average Bonchev–Trinajstić information content (AvgIpc) is 2.94. The highest BCUT2D eigenvalue weighted by Gasteiger charge is 2.05. The lowest BCUT2D eigenvalue weighted by atomic mass is 9.96. The number of fused-ring (bicyclic) bond motifs is 1. The van der Waals surface area contributed by atoms with Crippen molar-refractivity contribution in [3.05, 3.63) is 146 Å². The zero-order valence-corrected chi connectivity index (χ0v) is 18.9. The predicted molar refractivity (Wildman–Crippen MR) is 146 cm³/mol. The third-order valence-corrected chi connectivity index (χ3v) is 6.49. The molecule has 0 heteroatoms. The Bertz CT molecular complexity index is 1420. The van der Waals surface area contributed by atoms with Crippen LogP contribution in [0.4, 0.5) is 0 Å². The fourth-order valence-electron chi connectivity index (χ4n) is 4.58. The van der Waals surface area contributed by atoms with Crippen LogP contribution < -0.4 is 0 Å². The Morgan fingerprint density at radius 3 is 0.824 bits per heavy atom. The summed E-state index contributed by atoms with van der Waals surface area (Å²) in [5.74, 6) is 0. The largest absolute Gasteiger partial charge is 0.0622 e. The molecule has 0 atom stereocenters. The van der Waals surface area contributed by atoms with Gasteiger partial charge in [0.05, 0.1) is 0 Å². The van der Waals surface area contributed by atoms with Gasteiger partial charge in [0.1, 0.15) is 0 Å². The third kappa shape index (κ3) is 4.02. The van der Waals surface area contributed by atoms with Gasteiger partial charge in [-0.1, -0.05) is 133 Å². The van der Waals surface area contributed by atoms with E-state index >= 15 is 0 Å². The molecule has 160 valence electrons. The van der Waals surface area contributed by atoms with Gasteiger partial charge in [0.15, 0.2) is 0 Å². The minimum absolute atomic E-state index is 1.24. The summed E-state index contributed by atoms with van der Waals surface area (Å²) in [6.45, 7) is 0. The van der Waals surface area contributed by atoms with Crippen molar-refractivity contribution in [2.24, 2.45) is 0 Å². The van der Waals surface area contributed by atoms with Gasteiger partial charge in [-0.05, 0) is 67.4 Å². The highest BCUT2D eigenvalue weighted by atomic mass is 14.1. The molecule has 0 heterocycles. The zero-order chi connectivity index (χ0) is 22.7. The van der Waals surface area contributed by atoms with Crippen LogP contribution in [0.3, 0.4) is 0 Å². The molecule has 6 aromatic carbocycles. The van der Waals surface area contributed by atoms with E-state index in [4.69, 9.17) is 0 Å². The van der Waals surface area contributed by atoms with E-state index < -0.39 is 0 Å². The Balaban J connectivity index is 1.27. The van der Waals surface area contributed by atoms with Gasteiger partial charge >= 0.3 is 0 Å². The summed E-state index contributed by atoms with van der Waals surface area (Å²) >= 11 is 0. The molecule has 0 aromatic heterocycles. The van der Waals surface area contributed by atoms with Crippen LogP contribution in [0.25, 0.3) is 55.3 Å². The lowest BCUT2D eigenvalue weighted by Crippen LogP contribution is -1.83. The number of hydrogen-bond acceptors (Lipinski definition) is 0. The van der Waals surface area contributed by atoms with Crippen LogP contribution in [-0.4, -0.2) is 0 Å². The topological polar surface area (TPSA) is 0 Å². The fraction of sp³-hybridized carbons (Fsp3) is 0. The van der Waals surface area contributed by atoms with Crippen LogP contribution >= 0.6 is 0 Å². The van der Waals surface area contributed by atoms with Crippen molar-refractivity contribution in [2.45, 2.75) is 0 Å². The van der Waals surface area contributed by atoms with Crippen LogP contribution in [-0.2, 0) is 0 Å². The van der Waals surface area contributed by atoms with E-state index in [-0.39, 0.29) is 0 Å². The van der Waals surface area contributed by atoms with E-state index in [1.54, 1.807) is 0 Å². The van der Waals surface area contributed by atoms with Crippen LogP contribution in [0.5, 0.6) is 0 Å². The summed E-state index contributed by atoms with van der Waals surface area (Å²) < 4.78 is 0. The maximum absolute atomic E-state index is 2.29. The van der Waals surface area contributed by atoms with E-state index in [9.17, 15) is 0 Å². The van der Waals surface area contributed by atoms with Crippen molar-refractivity contribution in [1.82, 2.24) is 0 Å². The molecule has 0 aliphatic heterocycles. The summed E-state index contributed by atoms with van der Waals surface area (Å²) in [6.07, 6.45) is 0. The van der Waals surface area contributed by atoms with Gasteiger partial charge in [0.2, 0.25) is 0 Å². The van der Waals surface area contributed by atoms with Gasteiger partial charge in [0.25, 0.3) is 0 Å². The van der Waals surface area contributed by atoms with E-state index in [2.05, 4.69) is 146 Å². The minimum atomic E-state index is 1.24. The van der Waals surface area contributed by atoms with Gasteiger partial charge in [-0.25, -0.2) is 0 Å². The Labute approximate surface area is 200 Å². The quantitative estimate of drug-likeness (QED) is 0.260. The zero-order valence-electron chi connectivity index (χ0n) is 18.9. The number of benzene rings is 6. The first kappa shape index (κ1) is 20.2. The molecule has 0 fully saturated rings. The molecule has 0 saturated heterocycles. The molecule has 34 heavy (non-hydrogen) atoms. The summed E-state index contributed by atoms with van der Waals surface area (Å²) in [5, 5.41) is 2.52. The molecule has 0 unspecified atom stereocenters. The average molecular weight is 433 g/mol. The van der Waals surface area contributed by atoms with E-state index in [0.29, 0.717) is 0 Å². The Hall–Kier alpha value is -4.42. The minimum Gasteiger partial charge on any atom is -0.0622 e. The van der Waals surface area contributed by atoms with E-state index in [0.717, 1.165) is 0 Å². The van der Waals surface area contributed by atoms with Gasteiger partial charge < -0.3 is 0 Å². The predicted octanol–water partition coefficient (Wildman–Crippen LogP) is 9.51. The molecule has 0 aliphatic carbocycles. The first-order valence-electron chi connectivity index (χ1n) is 11.7. The van der Waals surface area contributed by atoms with Crippen molar-refractivity contribution in [3.63, 3.8) is 0 Å². The second-order valence-corrected chi connectivity index (χ2v) is 8.66. The molecule has 0 radical (unpaired) electrons. The molecule has 0 nitrogen and oxygen atoms in total. The SMILES string of the molecule is c1ccc(-c2ccc(-c3ccc4cc(-c5ccc(-c6ccccc6)cc5)ccc4c3)cc2)cc1. The standard InChI is InChI=1S/C34H24/c1-3-7-25(8-4-1)27-11-15-29(16-12-27)31-19-21-34-24-32(20-22-33(34)23-31)30-17-13-28(14-18-30)26-9-5-2-6-10-26/h1-24H. The molecule has 6 aromatic rings. The summed E-state index contributed by atoms with van der Waals surface area (Å²) in [4.78, 5) is 0. The first-order valence-corrected chi connectivity index (χ1v) is 11.7. The molecule has 0 N–H and O–H groups in total. The normalized spacial score (nSPS) is 10.9. The van der Waals surface area contributed by atoms with Crippen molar-refractivity contribution in [3.8, 4) is 44.5 Å². The molecular weight excluding hydrogens is 408 g/mol. The first-order chi connectivity index (χ1) is 16.8. The fourth-order valence-corrected chi connectivity index (χ4v) is 4.58. The molecular formula is C34H24. The number of rotatable bonds is 4. The second-order valence-electron chi connectivity index (χ2n) is 8.66. The highest BCUT2D eigenvalue weighted by molar-refractivity contribution is 5.91. The van der Waals surface area contributed by atoms with Gasteiger partial charge in [-0.2, -0.15) is 0 Å². The van der Waals surface area contributed by atoms with E-state index in [1.165, 1.54) is 55.3 Å². The molecule has 0 aliphatic rings. The van der Waals surface area contributed by atoms with Crippen LogP contribution in [0.1, 0.15) is 0 Å². The maximum atomic E-state index is 2.29. The lowest BCUT2D eigenvalue weighted by Gasteiger charge is -2.09. The lowest BCUT2D eigenvalue weighted by molar-refractivity contribution is 1.59. The highest BCUT2D eigenvalue weighted by Crippen LogP contribution is 2.31. The van der Waals surface area contributed by atoms with Crippen LogP contribution in [0, 0.1) is 0 Å². The summed E-state index contributed by atoms with van der Waals surface area (Å²) in [6, 6.07) is 52.2. The molecule has 6 rings (SSSR count). The van der Waals surface area contributed by atoms with Crippen LogP contribution in [0.2, 0.25) is 0 Å². The van der Waals surface area contributed by atoms with Gasteiger partial charge in [-0.3, -0.25) is 0 Å². The monoisotopic (exact) mass is 432 g/mol. The molecule has 0 bridgehead atoms. The van der Waals surface area contributed by atoms with Gasteiger partial charge in [-0.15, -0.1) is 0 Å². The molecule has 0 amide bonds. The Morgan fingerprint density at radius 1 is 0.206 bits per heavy atom. The van der Waals surface area contributed by atoms with Gasteiger partial charge in [0, 0.05) is 0 Å². The second kappa shape index (κ2) is 8.84. The Kier molecular flexibility index (Phi) is 5.26. The van der Waals surface area contributed by atoms with Crippen molar-refractivity contribution in [2.75, 3.05) is 0 Å². The van der Waals surface area contributed by atoms with Crippen molar-refractivity contribution < 1.29 is 0 Å².